The maximum absolute atomic E-state index is 12.6. The lowest BCUT2D eigenvalue weighted by atomic mass is 10.1. The van der Waals surface area contributed by atoms with Crippen molar-refractivity contribution in [2.75, 3.05) is 26.5 Å². The molecule has 1 aromatic carbocycles. The van der Waals surface area contributed by atoms with Gasteiger partial charge in [0.15, 0.2) is 0 Å². The fourth-order valence-electron chi connectivity index (χ4n) is 2.78. The normalized spacial score (nSPS) is 11.4. The molecular weight excluding hydrogens is 366 g/mol. The number of methoxy groups -OCH3 is 1. The maximum atomic E-state index is 12.6. The second-order valence-corrected chi connectivity index (χ2v) is 8.33. The number of hydrogen-bond donors (Lipinski definition) is 0. The van der Waals surface area contributed by atoms with Gasteiger partial charge in [0.1, 0.15) is 5.75 Å². The van der Waals surface area contributed by atoms with Crippen LogP contribution < -0.4 is 4.18 Å². The van der Waals surface area contributed by atoms with Crippen LogP contribution >= 0.6 is 0 Å². The SMILES string of the molecule is CCCCCCCC(=O)N(CCCOC)Cc1ccc(OS(C)(=O)=O)cc1. The van der Waals surface area contributed by atoms with Crippen LogP contribution in [-0.2, 0) is 26.2 Å². The van der Waals surface area contributed by atoms with E-state index in [0.717, 1.165) is 31.1 Å². The Morgan fingerprint density at radius 2 is 1.70 bits per heavy atom. The number of hydrogen-bond acceptors (Lipinski definition) is 5. The quantitative estimate of drug-likeness (QED) is 0.352. The molecule has 27 heavy (non-hydrogen) atoms. The van der Waals surface area contributed by atoms with E-state index in [9.17, 15) is 13.2 Å². The van der Waals surface area contributed by atoms with Gasteiger partial charge in [-0.05, 0) is 30.5 Å². The average Bonchev–Trinajstić information content (AvgIpc) is 2.61. The first-order chi connectivity index (χ1) is 12.9. The molecule has 0 unspecified atom stereocenters. The van der Waals surface area contributed by atoms with Crippen molar-refractivity contribution in [1.82, 2.24) is 4.90 Å². The van der Waals surface area contributed by atoms with Crippen LogP contribution in [0.15, 0.2) is 24.3 Å². The third-order valence-corrected chi connectivity index (χ3v) is 4.66. The van der Waals surface area contributed by atoms with E-state index in [1.807, 2.05) is 4.90 Å². The van der Waals surface area contributed by atoms with E-state index in [4.69, 9.17) is 8.92 Å². The third kappa shape index (κ3) is 11.0. The van der Waals surface area contributed by atoms with Crippen LogP contribution in [0.1, 0.15) is 57.4 Å². The molecule has 1 rings (SSSR count). The van der Waals surface area contributed by atoms with Crippen LogP contribution in [0.3, 0.4) is 0 Å². The molecule has 0 spiro atoms. The Balaban J connectivity index is 2.63. The summed E-state index contributed by atoms with van der Waals surface area (Å²) in [5.41, 5.74) is 0.938. The molecule has 0 saturated heterocycles. The summed E-state index contributed by atoms with van der Waals surface area (Å²) in [4.78, 5) is 14.5. The minimum absolute atomic E-state index is 0.152. The van der Waals surface area contributed by atoms with Gasteiger partial charge in [-0.2, -0.15) is 8.42 Å². The first-order valence-electron chi connectivity index (χ1n) is 9.61. The van der Waals surface area contributed by atoms with Gasteiger partial charge in [0, 0.05) is 33.2 Å². The van der Waals surface area contributed by atoms with Gasteiger partial charge in [-0.25, -0.2) is 0 Å². The fraction of sp³-hybridized carbons (Fsp3) is 0.650. The Bertz CT molecular complexity index is 643. The van der Waals surface area contributed by atoms with Crippen LogP contribution in [0.4, 0.5) is 0 Å². The zero-order valence-electron chi connectivity index (χ0n) is 16.8. The van der Waals surface area contributed by atoms with E-state index in [1.165, 1.54) is 19.3 Å². The smallest absolute Gasteiger partial charge is 0.306 e. The summed E-state index contributed by atoms with van der Waals surface area (Å²) in [6.07, 6.45) is 7.94. The predicted molar refractivity (Wildman–Crippen MR) is 107 cm³/mol. The number of carbonyl (C=O) groups is 1. The Hall–Kier alpha value is -1.60. The van der Waals surface area contributed by atoms with Gasteiger partial charge in [-0.15, -0.1) is 0 Å². The highest BCUT2D eigenvalue weighted by atomic mass is 32.2. The van der Waals surface area contributed by atoms with Gasteiger partial charge in [-0.3, -0.25) is 4.79 Å². The number of ether oxygens (including phenoxy) is 1. The second-order valence-electron chi connectivity index (χ2n) is 6.76. The maximum Gasteiger partial charge on any atom is 0.306 e. The largest absolute Gasteiger partial charge is 0.385 e. The average molecular weight is 400 g/mol. The van der Waals surface area contributed by atoms with E-state index >= 15 is 0 Å². The van der Waals surface area contributed by atoms with Gasteiger partial charge in [0.25, 0.3) is 0 Å². The molecule has 0 atom stereocenters. The monoisotopic (exact) mass is 399 g/mol. The van der Waals surface area contributed by atoms with Gasteiger partial charge >= 0.3 is 10.1 Å². The molecule has 0 aromatic heterocycles. The molecule has 1 aromatic rings. The van der Waals surface area contributed by atoms with Crippen LogP contribution in [0, 0.1) is 0 Å². The van der Waals surface area contributed by atoms with Crippen molar-refractivity contribution in [3.63, 3.8) is 0 Å². The van der Waals surface area contributed by atoms with Crippen molar-refractivity contribution in [1.29, 1.82) is 0 Å². The Morgan fingerprint density at radius 3 is 2.30 bits per heavy atom. The molecule has 0 aliphatic rings. The minimum atomic E-state index is -3.54. The Kier molecular flexibility index (Phi) is 11.0. The van der Waals surface area contributed by atoms with Gasteiger partial charge in [-0.1, -0.05) is 44.7 Å². The van der Waals surface area contributed by atoms with Crippen LogP contribution in [-0.4, -0.2) is 45.7 Å². The zero-order chi connectivity index (χ0) is 20.1. The van der Waals surface area contributed by atoms with Crippen LogP contribution in [0.2, 0.25) is 0 Å². The van der Waals surface area contributed by atoms with E-state index in [2.05, 4.69) is 6.92 Å². The van der Waals surface area contributed by atoms with Crippen molar-refractivity contribution >= 4 is 16.0 Å². The molecule has 154 valence electrons. The van der Waals surface area contributed by atoms with E-state index in [0.29, 0.717) is 26.1 Å². The van der Waals surface area contributed by atoms with Crippen molar-refractivity contribution in [2.24, 2.45) is 0 Å². The molecule has 0 heterocycles. The highest BCUT2D eigenvalue weighted by Gasteiger charge is 2.14. The number of amides is 1. The number of nitrogens with zero attached hydrogens (tertiary/aromatic N) is 1. The summed E-state index contributed by atoms with van der Waals surface area (Å²) < 4.78 is 32.3. The van der Waals surface area contributed by atoms with E-state index in [-0.39, 0.29) is 11.7 Å². The third-order valence-electron chi connectivity index (χ3n) is 4.17. The van der Waals surface area contributed by atoms with Gasteiger partial charge in [0.05, 0.1) is 6.26 Å². The summed E-state index contributed by atoms with van der Waals surface area (Å²) in [7, 11) is -1.88. The zero-order valence-corrected chi connectivity index (χ0v) is 17.6. The summed E-state index contributed by atoms with van der Waals surface area (Å²) in [5.74, 6) is 0.425. The molecule has 0 aliphatic heterocycles. The first-order valence-corrected chi connectivity index (χ1v) is 11.4. The molecule has 6 nitrogen and oxygen atoms in total. The number of benzene rings is 1. The van der Waals surface area contributed by atoms with Crippen molar-refractivity contribution in [3.05, 3.63) is 29.8 Å². The molecular formula is C20H33NO5S. The molecule has 1 amide bonds. The van der Waals surface area contributed by atoms with E-state index < -0.39 is 10.1 Å². The lowest BCUT2D eigenvalue weighted by Gasteiger charge is -2.23. The summed E-state index contributed by atoms with van der Waals surface area (Å²) in [5, 5.41) is 0. The molecule has 0 bridgehead atoms. The van der Waals surface area contributed by atoms with Crippen LogP contribution in [0.5, 0.6) is 5.75 Å². The lowest BCUT2D eigenvalue weighted by molar-refractivity contribution is -0.132. The summed E-state index contributed by atoms with van der Waals surface area (Å²) >= 11 is 0. The highest BCUT2D eigenvalue weighted by molar-refractivity contribution is 7.86. The molecule has 7 heteroatoms. The standard InChI is InChI=1S/C20H33NO5S/c1-4-5-6-7-8-10-20(22)21(15-9-16-25-2)17-18-11-13-19(14-12-18)26-27(3,23)24/h11-14H,4-10,15-17H2,1-3H3. The highest BCUT2D eigenvalue weighted by Crippen LogP contribution is 2.16. The minimum Gasteiger partial charge on any atom is -0.385 e. The summed E-state index contributed by atoms with van der Waals surface area (Å²) in [6, 6.07) is 6.80. The summed E-state index contributed by atoms with van der Waals surface area (Å²) in [6.45, 7) is 3.93. The second kappa shape index (κ2) is 12.7. The first kappa shape index (κ1) is 23.4. The van der Waals surface area contributed by atoms with Crippen molar-refractivity contribution in [2.45, 2.75) is 58.4 Å². The molecule has 0 fully saturated rings. The van der Waals surface area contributed by atoms with Crippen molar-refractivity contribution < 1.29 is 22.1 Å². The van der Waals surface area contributed by atoms with Gasteiger partial charge in [0.2, 0.25) is 5.91 Å². The Labute approximate surface area is 164 Å². The predicted octanol–water partition coefficient (Wildman–Crippen LogP) is 3.75. The molecule has 0 aliphatic carbocycles. The van der Waals surface area contributed by atoms with Crippen LogP contribution in [0.25, 0.3) is 0 Å². The van der Waals surface area contributed by atoms with Gasteiger partial charge < -0.3 is 13.8 Å². The molecule has 0 radical (unpaired) electrons. The fourth-order valence-corrected chi connectivity index (χ4v) is 3.24. The van der Waals surface area contributed by atoms with Crippen molar-refractivity contribution in [3.8, 4) is 5.75 Å². The number of carbonyl (C=O) groups excluding carboxylic acids is 1. The van der Waals surface area contributed by atoms with E-state index in [1.54, 1.807) is 31.4 Å². The molecule has 0 N–H and O–H groups in total. The topological polar surface area (TPSA) is 72.9 Å². The Morgan fingerprint density at radius 1 is 1.04 bits per heavy atom. The number of unbranched alkanes of at least 4 members (excludes halogenated alkanes) is 4. The lowest BCUT2D eigenvalue weighted by Crippen LogP contribution is -2.31. The number of rotatable bonds is 14. The molecule has 0 saturated carbocycles.